The van der Waals surface area contributed by atoms with E-state index in [-0.39, 0.29) is 5.03 Å². The number of anilines is 1. The van der Waals surface area contributed by atoms with Crippen LogP contribution in [0.4, 0.5) is 5.69 Å². The van der Waals surface area contributed by atoms with Crippen LogP contribution in [0.15, 0.2) is 41.8 Å². The third-order valence-corrected chi connectivity index (χ3v) is 3.28. The van der Waals surface area contributed by atoms with Crippen LogP contribution in [-0.2, 0) is 16.4 Å². The summed E-state index contributed by atoms with van der Waals surface area (Å²) < 4.78 is 22.4. The third-order valence-electron chi connectivity index (χ3n) is 2.28. The van der Waals surface area contributed by atoms with Crippen molar-refractivity contribution in [1.29, 1.82) is 0 Å². The lowest BCUT2D eigenvalue weighted by molar-refractivity contribution is 0.598. The Kier molecular flexibility index (Phi) is 3.14. The van der Waals surface area contributed by atoms with Crippen LogP contribution in [-0.4, -0.2) is 24.6 Å². The first-order chi connectivity index (χ1) is 8.05. The van der Waals surface area contributed by atoms with E-state index in [9.17, 15) is 8.42 Å². The van der Waals surface area contributed by atoms with E-state index < -0.39 is 9.84 Å². The van der Waals surface area contributed by atoms with Crippen LogP contribution >= 0.6 is 0 Å². The SMILES string of the molecule is CS(=O)(=O)c1ccc(NCc2cc[nH]c2)cn1. The Labute approximate surface area is 99.8 Å². The highest BCUT2D eigenvalue weighted by molar-refractivity contribution is 7.90. The molecule has 17 heavy (non-hydrogen) atoms. The Hall–Kier alpha value is -1.82. The van der Waals surface area contributed by atoms with Gasteiger partial charge in [0, 0.05) is 25.2 Å². The van der Waals surface area contributed by atoms with Gasteiger partial charge in [-0.05, 0) is 23.8 Å². The minimum atomic E-state index is -3.22. The molecule has 90 valence electrons. The van der Waals surface area contributed by atoms with Gasteiger partial charge in [0.2, 0.25) is 0 Å². The summed E-state index contributed by atoms with van der Waals surface area (Å²) in [5, 5.41) is 3.24. The molecule has 2 aromatic rings. The van der Waals surface area contributed by atoms with E-state index in [1.54, 1.807) is 6.07 Å². The number of nitrogens with zero attached hydrogens (tertiary/aromatic N) is 1. The third kappa shape index (κ3) is 3.07. The van der Waals surface area contributed by atoms with Crippen molar-refractivity contribution in [2.75, 3.05) is 11.6 Å². The Morgan fingerprint density at radius 2 is 2.18 bits per heavy atom. The number of aromatic nitrogens is 2. The van der Waals surface area contributed by atoms with Crippen LogP contribution < -0.4 is 5.32 Å². The topological polar surface area (TPSA) is 74.8 Å². The molecule has 0 spiro atoms. The predicted octanol–water partition coefficient (Wildman–Crippen LogP) is 1.43. The van der Waals surface area contributed by atoms with Gasteiger partial charge in [-0.25, -0.2) is 13.4 Å². The molecule has 0 unspecified atom stereocenters. The van der Waals surface area contributed by atoms with Crippen LogP contribution in [0.2, 0.25) is 0 Å². The maximum Gasteiger partial charge on any atom is 0.192 e. The highest BCUT2D eigenvalue weighted by Crippen LogP contribution is 2.11. The number of hydrogen-bond acceptors (Lipinski definition) is 4. The van der Waals surface area contributed by atoms with E-state index in [1.165, 1.54) is 12.3 Å². The van der Waals surface area contributed by atoms with Crippen LogP contribution in [0.5, 0.6) is 0 Å². The van der Waals surface area contributed by atoms with Gasteiger partial charge in [-0.1, -0.05) is 0 Å². The lowest BCUT2D eigenvalue weighted by Gasteiger charge is -2.05. The van der Waals surface area contributed by atoms with Gasteiger partial charge in [-0.15, -0.1) is 0 Å². The first kappa shape index (κ1) is 11.7. The van der Waals surface area contributed by atoms with E-state index in [2.05, 4.69) is 15.3 Å². The minimum absolute atomic E-state index is 0.0877. The van der Waals surface area contributed by atoms with Crippen molar-refractivity contribution in [3.05, 3.63) is 42.4 Å². The van der Waals surface area contributed by atoms with Crippen molar-refractivity contribution >= 4 is 15.5 Å². The summed E-state index contributed by atoms with van der Waals surface area (Å²) in [5.41, 5.74) is 1.91. The molecule has 0 bridgehead atoms. The molecule has 0 amide bonds. The minimum Gasteiger partial charge on any atom is -0.380 e. The molecule has 0 saturated carbocycles. The van der Waals surface area contributed by atoms with Gasteiger partial charge < -0.3 is 10.3 Å². The average molecular weight is 251 g/mol. The summed E-state index contributed by atoms with van der Waals surface area (Å²) in [6, 6.07) is 5.16. The Morgan fingerprint density at radius 3 is 2.71 bits per heavy atom. The van der Waals surface area contributed by atoms with E-state index in [1.807, 2.05) is 18.5 Å². The Bertz CT molecular complexity index is 574. The zero-order valence-electron chi connectivity index (χ0n) is 9.34. The smallest absolute Gasteiger partial charge is 0.192 e. The molecule has 0 fully saturated rings. The van der Waals surface area contributed by atoms with Crippen LogP contribution in [0.1, 0.15) is 5.56 Å². The summed E-state index contributed by atoms with van der Waals surface area (Å²) in [6.07, 6.45) is 6.40. The maximum atomic E-state index is 11.2. The number of pyridine rings is 1. The summed E-state index contributed by atoms with van der Waals surface area (Å²) >= 11 is 0. The van der Waals surface area contributed by atoms with Gasteiger partial charge in [0.1, 0.15) is 0 Å². The fourth-order valence-corrected chi connectivity index (χ4v) is 1.94. The number of aromatic amines is 1. The van der Waals surface area contributed by atoms with Gasteiger partial charge in [-0.2, -0.15) is 0 Å². The molecule has 0 aliphatic rings. The molecule has 2 rings (SSSR count). The summed E-state index contributed by atoms with van der Waals surface area (Å²) in [5.74, 6) is 0. The second kappa shape index (κ2) is 4.58. The Morgan fingerprint density at radius 1 is 1.35 bits per heavy atom. The molecule has 5 nitrogen and oxygen atoms in total. The number of hydrogen-bond donors (Lipinski definition) is 2. The zero-order chi connectivity index (χ0) is 12.3. The van der Waals surface area contributed by atoms with E-state index >= 15 is 0 Å². The molecule has 0 aliphatic carbocycles. The zero-order valence-corrected chi connectivity index (χ0v) is 10.2. The predicted molar refractivity (Wildman–Crippen MR) is 65.5 cm³/mol. The average Bonchev–Trinajstić information content (AvgIpc) is 2.78. The molecule has 0 radical (unpaired) electrons. The number of nitrogens with one attached hydrogen (secondary N) is 2. The Balaban J connectivity index is 2.04. The molecule has 2 N–H and O–H groups in total. The first-order valence-corrected chi connectivity index (χ1v) is 6.96. The number of sulfone groups is 1. The highest BCUT2D eigenvalue weighted by Gasteiger charge is 2.07. The number of H-pyrrole nitrogens is 1. The summed E-state index contributed by atoms with van der Waals surface area (Å²) in [4.78, 5) is 6.85. The standard InChI is InChI=1S/C11H13N3O2S/c1-17(15,16)11-3-2-10(8-14-11)13-7-9-4-5-12-6-9/h2-6,8,12-13H,7H2,1H3. The summed E-state index contributed by atoms with van der Waals surface area (Å²) in [6.45, 7) is 0.670. The molecule has 0 saturated heterocycles. The van der Waals surface area contributed by atoms with Crippen molar-refractivity contribution < 1.29 is 8.42 Å². The van der Waals surface area contributed by atoms with Gasteiger partial charge in [-0.3, -0.25) is 0 Å². The van der Waals surface area contributed by atoms with Crippen molar-refractivity contribution in [3.63, 3.8) is 0 Å². The maximum absolute atomic E-state index is 11.2. The van der Waals surface area contributed by atoms with Crippen molar-refractivity contribution in [2.24, 2.45) is 0 Å². The lowest BCUT2D eigenvalue weighted by Crippen LogP contribution is -2.02. The monoisotopic (exact) mass is 251 g/mol. The lowest BCUT2D eigenvalue weighted by atomic mass is 10.3. The molecule has 0 aliphatic heterocycles. The van der Waals surface area contributed by atoms with E-state index in [0.29, 0.717) is 6.54 Å². The van der Waals surface area contributed by atoms with Crippen molar-refractivity contribution in [3.8, 4) is 0 Å². The van der Waals surface area contributed by atoms with Gasteiger partial charge in [0.05, 0.1) is 11.9 Å². The molecular formula is C11H13N3O2S. The molecule has 0 atom stereocenters. The second-order valence-corrected chi connectivity index (χ2v) is 5.69. The van der Waals surface area contributed by atoms with Gasteiger partial charge in [0.15, 0.2) is 14.9 Å². The van der Waals surface area contributed by atoms with Gasteiger partial charge in [0.25, 0.3) is 0 Å². The van der Waals surface area contributed by atoms with E-state index in [0.717, 1.165) is 17.5 Å². The molecular weight excluding hydrogens is 238 g/mol. The number of rotatable bonds is 4. The normalized spacial score (nSPS) is 11.4. The van der Waals surface area contributed by atoms with Crippen molar-refractivity contribution in [1.82, 2.24) is 9.97 Å². The second-order valence-electron chi connectivity index (χ2n) is 3.73. The van der Waals surface area contributed by atoms with Crippen LogP contribution in [0.25, 0.3) is 0 Å². The molecule has 0 aromatic carbocycles. The van der Waals surface area contributed by atoms with Crippen LogP contribution in [0, 0.1) is 0 Å². The highest BCUT2D eigenvalue weighted by atomic mass is 32.2. The molecule has 2 aromatic heterocycles. The largest absolute Gasteiger partial charge is 0.380 e. The summed E-state index contributed by atoms with van der Waals surface area (Å²) in [7, 11) is -3.22. The van der Waals surface area contributed by atoms with E-state index in [4.69, 9.17) is 0 Å². The van der Waals surface area contributed by atoms with Gasteiger partial charge >= 0.3 is 0 Å². The molecule has 2 heterocycles. The quantitative estimate of drug-likeness (QED) is 0.862. The molecule has 6 heteroatoms. The van der Waals surface area contributed by atoms with Crippen LogP contribution in [0.3, 0.4) is 0 Å². The fraction of sp³-hybridized carbons (Fsp3) is 0.182. The van der Waals surface area contributed by atoms with Crippen molar-refractivity contribution in [2.45, 2.75) is 11.6 Å². The fourth-order valence-electron chi connectivity index (χ4n) is 1.38. The first-order valence-electron chi connectivity index (χ1n) is 5.07.